The lowest BCUT2D eigenvalue weighted by molar-refractivity contribution is -0.121. The van der Waals surface area contributed by atoms with E-state index in [2.05, 4.69) is 40.7 Å². The van der Waals surface area contributed by atoms with E-state index in [1.54, 1.807) is 0 Å². The molecular formula is C24H29N3O2S. The Morgan fingerprint density at radius 2 is 1.80 bits per heavy atom. The first kappa shape index (κ1) is 22.0. The molecule has 6 heteroatoms. The van der Waals surface area contributed by atoms with Gasteiger partial charge in [0.25, 0.3) is 0 Å². The summed E-state index contributed by atoms with van der Waals surface area (Å²) >= 11 is 1.47. The second kappa shape index (κ2) is 10.9. The maximum Gasteiger partial charge on any atom is 0.226 e. The Morgan fingerprint density at radius 3 is 2.57 bits per heavy atom. The van der Waals surface area contributed by atoms with E-state index in [1.165, 1.54) is 16.9 Å². The van der Waals surface area contributed by atoms with Gasteiger partial charge in [0.2, 0.25) is 11.8 Å². The van der Waals surface area contributed by atoms with Gasteiger partial charge in [-0.1, -0.05) is 54.7 Å². The molecule has 2 aromatic carbocycles. The fraction of sp³-hybridized carbons (Fsp3) is 0.375. The predicted molar refractivity (Wildman–Crippen MR) is 124 cm³/mol. The molecule has 0 unspecified atom stereocenters. The average Bonchev–Trinajstić information content (AvgIpc) is 3.13. The van der Waals surface area contributed by atoms with Crippen molar-refractivity contribution >= 4 is 38.5 Å². The molecule has 0 aliphatic rings. The van der Waals surface area contributed by atoms with Crippen LogP contribution in [0.2, 0.25) is 0 Å². The number of aromatic nitrogens is 1. The minimum Gasteiger partial charge on any atom is -0.354 e. The summed E-state index contributed by atoms with van der Waals surface area (Å²) in [6.45, 7) is 4.03. The molecule has 1 atom stereocenters. The topological polar surface area (TPSA) is 71.1 Å². The molecule has 5 nitrogen and oxygen atoms in total. The van der Waals surface area contributed by atoms with Crippen molar-refractivity contribution in [2.24, 2.45) is 0 Å². The second-order valence-electron chi connectivity index (χ2n) is 7.61. The van der Waals surface area contributed by atoms with Gasteiger partial charge < -0.3 is 10.6 Å². The van der Waals surface area contributed by atoms with Crippen LogP contribution in [0.4, 0.5) is 5.13 Å². The molecule has 0 aliphatic heterocycles. The van der Waals surface area contributed by atoms with Crippen molar-refractivity contribution in [2.75, 3.05) is 5.32 Å². The van der Waals surface area contributed by atoms with E-state index in [1.807, 2.05) is 37.3 Å². The van der Waals surface area contributed by atoms with Crippen LogP contribution in [0.3, 0.4) is 0 Å². The van der Waals surface area contributed by atoms with E-state index in [-0.39, 0.29) is 17.9 Å². The molecule has 30 heavy (non-hydrogen) atoms. The third-order valence-electron chi connectivity index (χ3n) is 4.93. The number of hydrogen-bond donors (Lipinski definition) is 2. The van der Waals surface area contributed by atoms with Crippen molar-refractivity contribution in [3.8, 4) is 0 Å². The molecule has 2 amide bonds. The van der Waals surface area contributed by atoms with Crippen LogP contribution >= 0.6 is 11.3 Å². The molecule has 0 fully saturated rings. The van der Waals surface area contributed by atoms with Crippen LogP contribution in [-0.2, 0) is 22.4 Å². The standard InChI is InChI=1S/C24H29N3O2S/c1-3-7-22(28)27-24-26-20-14-12-19(16-21(20)30-24)13-15-23(29)25-17(2)10-11-18-8-5-4-6-9-18/h4-6,8-9,12,14,16-17H,3,7,10-11,13,15H2,1-2H3,(H,25,29)(H,26,27,28)/t17-/m1/s1. The Bertz CT molecular complexity index is 985. The number of fused-ring (bicyclic) bond motifs is 1. The summed E-state index contributed by atoms with van der Waals surface area (Å²) in [7, 11) is 0. The highest BCUT2D eigenvalue weighted by Crippen LogP contribution is 2.27. The molecule has 3 aromatic rings. The number of amides is 2. The summed E-state index contributed by atoms with van der Waals surface area (Å²) in [4.78, 5) is 28.5. The van der Waals surface area contributed by atoms with Gasteiger partial charge in [0, 0.05) is 18.9 Å². The number of carbonyl (C=O) groups is 2. The quantitative estimate of drug-likeness (QED) is 0.476. The van der Waals surface area contributed by atoms with Crippen molar-refractivity contribution in [3.63, 3.8) is 0 Å². The van der Waals surface area contributed by atoms with E-state index in [4.69, 9.17) is 0 Å². The molecule has 0 bridgehead atoms. The Labute approximate surface area is 181 Å². The molecule has 2 N–H and O–H groups in total. The Morgan fingerprint density at radius 1 is 1.00 bits per heavy atom. The normalized spacial score (nSPS) is 11.9. The zero-order valence-corrected chi connectivity index (χ0v) is 18.4. The van der Waals surface area contributed by atoms with E-state index < -0.39 is 0 Å². The number of carbonyl (C=O) groups excluding carboxylic acids is 2. The number of nitrogens with zero attached hydrogens (tertiary/aromatic N) is 1. The monoisotopic (exact) mass is 423 g/mol. The van der Waals surface area contributed by atoms with Crippen molar-refractivity contribution in [1.29, 1.82) is 0 Å². The van der Waals surface area contributed by atoms with Gasteiger partial charge in [-0.15, -0.1) is 0 Å². The molecule has 0 aliphatic carbocycles. The minimum absolute atomic E-state index is 0.00478. The number of hydrogen-bond acceptors (Lipinski definition) is 4. The largest absolute Gasteiger partial charge is 0.354 e. The molecular weight excluding hydrogens is 394 g/mol. The highest BCUT2D eigenvalue weighted by atomic mass is 32.1. The van der Waals surface area contributed by atoms with Gasteiger partial charge in [-0.2, -0.15) is 0 Å². The Hall–Kier alpha value is -2.73. The van der Waals surface area contributed by atoms with Gasteiger partial charge in [0.05, 0.1) is 10.2 Å². The molecule has 1 aromatic heterocycles. The molecule has 0 spiro atoms. The molecule has 0 saturated heterocycles. The highest BCUT2D eigenvalue weighted by Gasteiger charge is 2.10. The third kappa shape index (κ3) is 6.66. The Balaban J connectivity index is 1.47. The lowest BCUT2D eigenvalue weighted by atomic mass is 10.1. The number of nitrogens with one attached hydrogen (secondary N) is 2. The molecule has 1 heterocycles. The van der Waals surface area contributed by atoms with Crippen LogP contribution in [0.15, 0.2) is 48.5 Å². The number of aryl methyl sites for hydroxylation is 2. The molecule has 3 rings (SSSR count). The van der Waals surface area contributed by atoms with Crippen molar-refractivity contribution < 1.29 is 9.59 Å². The van der Waals surface area contributed by atoms with E-state index >= 15 is 0 Å². The smallest absolute Gasteiger partial charge is 0.226 e. The van der Waals surface area contributed by atoms with Crippen LogP contribution in [0.5, 0.6) is 0 Å². The second-order valence-corrected chi connectivity index (χ2v) is 8.64. The van der Waals surface area contributed by atoms with E-state index in [9.17, 15) is 9.59 Å². The highest BCUT2D eigenvalue weighted by molar-refractivity contribution is 7.22. The van der Waals surface area contributed by atoms with Crippen molar-refractivity contribution in [2.45, 2.75) is 58.4 Å². The average molecular weight is 424 g/mol. The van der Waals surface area contributed by atoms with Crippen LogP contribution in [-0.4, -0.2) is 22.8 Å². The predicted octanol–water partition coefficient (Wildman–Crippen LogP) is 5.11. The maximum absolute atomic E-state index is 12.3. The maximum atomic E-state index is 12.3. The fourth-order valence-corrected chi connectivity index (χ4v) is 4.24. The first-order valence-electron chi connectivity index (χ1n) is 10.6. The third-order valence-corrected chi connectivity index (χ3v) is 5.87. The van der Waals surface area contributed by atoms with Gasteiger partial charge in [0.1, 0.15) is 0 Å². The SMILES string of the molecule is CCCC(=O)Nc1nc2ccc(CCC(=O)N[C@H](C)CCc3ccccc3)cc2s1. The lowest BCUT2D eigenvalue weighted by Gasteiger charge is -2.14. The number of benzene rings is 2. The van der Waals surface area contributed by atoms with Gasteiger partial charge in [0.15, 0.2) is 5.13 Å². The first-order chi connectivity index (χ1) is 14.5. The summed E-state index contributed by atoms with van der Waals surface area (Å²) < 4.78 is 1.02. The molecule has 0 radical (unpaired) electrons. The van der Waals surface area contributed by atoms with Gasteiger partial charge in [-0.25, -0.2) is 4.98 Å². The van der Waals surface area contributed by atoms with Gasteiger partial charge in [-0.3, -0.25) is 9.59 Å². The van der Waals surface area contributed by atoms with Crippen molar-refractivity contribution in [1.82, 2.24) is 10.3 Å². The molecule has 158 valence electrons. The van der Waals surface area contributed by atoms with Gasteiger partial charge >= 0.3 is 0 Å². The van der Waals surface area contributed by atoms with Crippen molar-refractivity contribution in [3.05, 3.63) is 59.7 Å². The minimum atomic E-state index is -0.00478. The van der Waals surface area contributed by atoms with Crippen LogP contribution in [0.25, 0.3) is 10.2 Å². The molecule has 0 saturated carbocycles. The summed E-state index contributed by atoms with van der Waals surface area (Å²) in [5.74, 6) is 0.0716. The van der Waals surface area contributed by atoms with E-state index in [0.29, 0.717) is 24.4 Å². The summed E-state index contributed by atoms with van der Waals surface area (Å²) in [5.41, 5.74) is 3.26. The zero-order chi connectivity index (χ0) is 21.3. The van der Waals surface area contributed by atoms with E-state index in [0.717, 1.165) is 35.0 Å². The fourth-order valence-electron chi connectivity index (χ4n) is 3.29. The summed E-state index contributed by atoms with van der Waals surface area (Å²) in [5, 5.41) is 6.58. The zero-order valence-electron chi connectivity index (χ0n) is 17.6. The Kier molecular flexibility index (Phi) is 7.97. The lowest BCUT2D eigenvalue weighted by Crippen LogP contribution is -2.33. The first-order valence-corrected chi connectivity index (χ1v) is 11.4. The summed E-state index contributed by atoms with van der Waals surface area (Å²) in [6, 6.07) is 16.5. The summed E-state index contributed by atoms with van der Waals surface area (Å²) in [6.07, 6.45) is 4.34. The number of rotatable bonds is 10. The number of thiazole rings is 1. The van der Waals surface area contributed by atoms with Crippen LogP contribution < -0.4 is 10.6 Å². The van der Waals surface area contributed by atoms with Crippen LogP contribution in [0, 0.1) is 0 Å². The van der Waals surface area contributed by atoms with Crippen LogP contribution in [0.1, 0.15) is 50.7 Å². The number of anilines is 1. The van der Waals surface area contributed by atoms with Gasteiger partial charge in [-0.05, 0) is 55.9 Å².